The molecule has 0 saturated heterocycles. The van der Waals surface area contributed by atoms with Crippen LogP contribution in [0, 0.1) is 0 Å². The van der Waals surface area contributed by atoms with Gasteiger partial charge < -0.3 is 10.2 Å². The number of aliphatic hydroxyl groups is 1. The molecule has 0 aliphatic rings. The first kappa shape index (κ1) is 13.3. The second-order valence-electron chi connectivity index (χ2n) is 2.68. The molecular formula is C11H13FO3. The number of carboxylic acids is 1. The number of hydrogen-bond donors (Lipinski definition) is 2. The van der Waals surface area contributed by atoms with Crippen LogP contribution in [0.2, 0.25) is 0 Å². The lowest BCUT2D eigenvalue weighted by atomic mass is 10.2. The smallest absolute Gasteiger partial charge is 0.300 e. The van der Waals surface area contributed by atoms with Crippen molar-refractivity contribution in [2.45, 2.75) is 6.92 Å². The summed E-state index contributed by atoms with van der Waals surface area (Å²) in [7, 11) is 0. The minimum atomic E-state index is -0.833. The van der Waals surface area contributed by atoms with E-state index in [1.807, 2.05) is 18.2 Å². The van der Waals surface area contributed by atoms with Gasteiger partial charge in [-0.05, 0) is 11.6 Å². The number of rotatable bonds is 2. The van der Waals surface area contributed by atoms with Gasteiger partial charge in [-0.25, -0.2) is 4.39 Å². The maximum absolute atomic E-state index is 12.4. The van der Waals surface area contributed by atoms with Crippen LogP contribution in [0.25, 0.3) is 6.08 Å². The average Bonchev–Trinajstić information content (AvgIpc) is 2.18. The van der Waals surface area contributed by atoms with Crippen molar-refractivity contribution in [3.8, 4) is 0 Å². The molecule has 3 nitrogen and oxygen atoms in total. The summed E-state index contributed by atoms with van der Waals surface area (Å²) in [5, 5.41) is 15.8. The molecule has 0 aliphatic carbocycles. The largest absolute Gasteiger partial charge is 0.481 e. The van der Waals surface area contributed by atoms with E-state index in [1.165, 1.54) is 6.08 Å². The number of hydrogen-bond acceptors (Lipinski definition) is 2. The molecule has 0 heterocycles. The first-order valence-electron chi connectivity index (χ1n) is 4.27. The molecule has 0 amide bonds. The van der Waals surface area contributed by atoms with Crippen LogP contribution in [0.15, 0.2) is 36.2 Å². The predicted octanol–water partition coefficient (Wildman–Crippen LogP) is 2.08. The highest BCUT2D eigenvalue weighted by Gasteiger charge is 1.90. The van der Waals surface area contributed by atoms with Crippen LogP contribution in [-0.4, -0.2) is 22.8 Å². The number of aliphatic carboxylic acids is 1. The number of carboxylic acid groups (broad SMARTS) is 1. The normalized spacial score (nSPS) is 10.2. The Labute approximate surface area is 87.5 Å². The van der Waals surface area contributed by atoms with Crippen LogP contribution < -0.4 is 0 Å². The molecular weight excluding hydrogens is 199 g/mol. The zero-order valence-corrected chi connectivity index (χ0v) is 8.35. The number of halogens is 1. The van der Waals surface area contributed by atoms with Gasteiger partial charge in [0.1, 0.15) is 5.83 Å². The molecule has 0 bridgehead atoms. The van der Waals surface area contributed by atoms with Crippen molar-refractivity contribution in [1.29, 1.82) is 0 Å². The highest BCUT2D eigenvalue weighted by molar-refractivity contribution is 5.62. The molecule has 0 radical (unpaired) electrons. The summed E-state index contributed by atoms with van der Waals surface area (Å²) < 4.78 is 12.4. The fraction of sp³-hybridized carbons (Fsp3) is 0.182. The molecule has 1 aromatic carbocycles. The van der Waals surface area contributed by atoms with E-state index >= 15 is 0 Å². The van der Waals surface area contributed by atoms with Gasteiger partial charge in [0, 0.05) is 6.92 Å². The highest BCUT2D eigenvalue weighted by atomic mass is 19.1. The summed E-state index contributed by atoms with van der Waals surface area (Å²) in [6.45, 7) is 0.550. The van der Waals surface area contributed by atoms with Gasteiger partial charge in [-0.3, -0.25) is 4.79 Å². The molecule has 0 aromatic heterocycles. The second-order valence-corrected chi connectivity index (χ2v) is 2.68. The molecule has 0 atom stereocenters. The lowest BCUT2D eigenvalue weighted by Gasteiger charge is -1.91. The van der Waals surface area contributed by atoms with Crippen LogP contribution in [-0.2, 0) is 4.79 Å². The molecule has 0 fully saturated rings. The Kier molecular flexibility index (Phi) is 6.84. The van der Waals surface area contributed by atoms with E-state index in [-0.39, 0.29) is 0 Å². The van der Waals surface area contributed by atoms with Crippen LogP contribution in [0.5, 0.6) is 0 Å². The van der Waals surface area contributed by atoms with Crippen molar-refractivity contribution < 1.29 is 19.4 Å². The molecule has 1 aromatic rings. The average molecular weight is 212 g/mol. The van der Waals surface area contributed by atoms with E-state index in [2.05, 4.69) is 0 Å². The Bertz CT molecular complexity index is 316. The van der Waals surface area contributed by atoms with Gasteiger partial charge in [-0.15, -0.1) is 0 Å². The van der Waals surface area contributed by atoms with Gasteiger partial charge in [0.05, 0.1) is 6.61 Å². The van der Waals surface area contributed by atoms with Crippen LogP contribution in [0.4, 0.5) is 4.39 Å². The summed E-state index contributed by atoms with van der Waals surface area (Å²) in [5.41, 5.74) is 0.763. The van der Waals surface area contributed by atoms with Crippen molar-refractivity contribution in [3.05, 3.63) is 41.7 Å². The Balaban J connectivity index is 0.000000423. The van der Waals surface area contributed by atoms with Crippen molar-refractivity contribution in [2.75, 3.05) is 6.61 Å². The molecule has 0 unspecified atom stereocenters. The number of benzene rings is 1. The van der Waals surface area contributed by atoms with Gasteiger partial charge >= 0.3 is 0 Å². The molecule has 82 valence electrons. The first-order valence-corrected chi connectivity index (χ1v) is 4.27. The third-order valence-electron chi connectivity index (χ3n) is 1.27. The van der Waals surface area contributed by atoms with Crippen molar-refractivity contribution in [1.82, 2.24) is 0 Å². The van der Waals surface area contributed by atoms with E-state index in [0.717, 1.165) is 12.5 Å². The van der Waals surface area contributed by atoms with E-state index < -0.39 is 18.4 Å². The second kappa shape index (κ2) is 7.70. The Morgan fingerprint density at radius 3 is 2.27 bits per heavy atom. The molecule has 4 heteroatoms. The summed E-state index contributed by atoms with van der Waals surface area (Å²) >= 11 is 0. The lowest BCUT2D eigenvalue weighted by Crippen LogP contribution is -1.81. The zero-order chi connectivity index (χ0) is 11.7. The van der Waals surface area contributed by atoms with E-state index in [4.69, 9.17) is 15.0 Å². The monoisotopic (exact) mass is 212 g/mol. The van der Waals surface area contributed by atoms with Crippen LogP contribution >= 0.6 is 0 Å². The maximum Gasteiger partial charge on any atom is 0.300 e. The number of carbonyl (C=O) groups is 1. The first-order chi connectivity index (χ1) is 7.06. The minimum absolute atomic E-state index is 0.517. The van der Waals surface area contributed by atoms with Crippen LogP contribution in [0.1, 0.15) is 12.5 Å². The fourth-order valence-corrected chi connectivity index (χ4v) is 0.776. The van der Waals surface area contributed by atoms with Gasteiger partial charge in [0.25, 0.3) is 5.97 Å². The van der Waals surface area contributed by atoms with E-state index in [0.29, 0.717) is 0 Å². The van der Waals surface area contributed by atoms with E-state index in [9.17, 15) is 4.39 Å². The van der Waals surface area contributed by atoms with Crippen molar-refractivity contribution in [2.24, 2.45) is 0 Å². The third kappa shape index (κ3) is 8.64. The highest BCUT2D eigenvalue weighted by Crippen LogP contribution is 2.05. The molecule has 0 saturated carbocycles. The SMILES string of the molecule is CC(=O)O.OCC(F)=Cc1ccccc1. The summed E-state index contributed by atoms with van der Waals surface area (Å²) in [6, 6.07) is 9.03. The summed E-state index contributed by atoms with van der Waals surface area (Å²) in [6.07, 6.45) is 1.31. The third-order valence-corrected chi connectivity index (χ3v) is 1.27. The maximum atomic E-state index is 12.4. The summed E-state index contributed by atoms with van der Waals surface area (Å²) in [5.74, 6) is -1.35. The topological polar surface area (TPSA) is 57.5 Å². The van der Waals surface area contributed by atoms with Gasteiger partial charge in [-0.1, -0.05) is 30.3 Å². The van der Waals surface area contributed by atoms with Gasteiger partial charge in [-0.2, -0.15) is 0 Å². The predicted molar refractivity (Wildman–Crippen MR) is 55.9 cm³/mol. The molecule has 0 aliphatic heterocycles. The summed E-state index contributed by atoms with van der Waals surface area (Å²) in [4.78, 5) is 9.00. The minimum Gasteiger partial charge on any atom is -0.481 e. The quantitative estimate of drug-likeness (QED) is 0.789. The molecule has 15 heavy (non-hydrogen) atoms. The Morgan fingerprint density at radius 1 is 1.40 bits per heavy atom. The van der Waals surface area contributed by atoms with Crippen LogP contribution in [0.3, 0.4) is 0 Å². The molecule has 1 rings (SSSR count). The van der Waals surface area contributed by atoms with Crippen molar-refractivity contribution >= 4 is 12.0 Å². The van der Waals surface area contributed by atoms with Gasteiger partial charge in [0.2, 0.25) is 0 Å². The molecule has 2 N–H and O–H groups in total. The standard InChI is InChI=1S/C9H9FO.C2H4O2/c10-9(7-11)6-8-4-2-1-3-5-8;1-2(3)4/h1-6,11H,7H2;1H3,(H,3,4). The van der Waals surface area contributed by atoms with Gasteiger partial charge in [0.15, 0.2) is 0 Å². The number of aliphatic hydroxyl groups excluding tert-OH is 1. The Morgan fingerprint density at radius 2 is 1.87 bits per heavy atom. The zero-order valence-electron chi connectivity index (χ0n) is 8.35. The molecule has 0 spiro atoms. The Hall–Kier alpha value is -1.68. The van der Waals surface area contributed by atoms with E-state index in [1.54, 1.807) is 12.1 Å². The lowest BCUT2D eigenvalue weighted by molar-refractivity contribution is -0.134. The van der Waals surface area contributed by atoms with Crippen molar-refractivity contribution in [3.63, 3.8) is 0 Å². The fourth-order valence-electron chi connectivity index (χ4n) is 0.776.